The van der Waals surface area contributed by atoms with E-state index in [0.29, 0.717) is 18.1 Å². The standard InChI is InChI=1S/C9H10BrN5/c10-6-3-7(11)9(14-4-6)15-5-8-12-1-2-13-8/h1-4H,5,11H2,(H,12,13)(H,14,15). The zero-order valence-electron chi connectivity index (χ0n) is 7.87. The van der Waals surface area contributed by atoms with Gasteiger partial charge in [-0.15, -0.1) is 0 Å². The predicted octanol–water partition coefficient (Wildman–Crippen LogP) is 1.76. The van der Waals surface area contributed by atoms with Gasteiger partial charge in [-0.1, -0.05) is 0 Å². The fourth-order valence-electron chi connectivity index (χ4n) is 1.16. The van der Waals surface area contributed by atoms with Crippen LogP contribution in [-0.2, 0) is 6.54 Å². The van der Waals surface area contributed by atoms with E-state index in [-0.39, 0.29) is 0 Å². The Balaban J connectivity index is 2.05. The number of anilines is 2. The monoisotopic (exact) mass is 267 g/mol. The Bertz CT molecular complexity index is 440. The molecule has 0 unspecified atom stereocenters. The number of nitrogens with one attached hydrogen (secondary N) is 2. The van der Waals surface area contributed by atoms with Crippen LogP contribution in [0.2, 0.25) is 0 Å². The maximum atomic E-state index is 5.78. The van der Waals surface area contributed by atoms with Gasteiger partial charge in [0.15, 0.2) is 0 Å². The average molecular weight is 268 g/mol. The van der Waals surface area contributed by atoms with Crippen LogP contribution in [0.25, 0.3) is 0 Å². The summed E-state index contributed by atoms with van der Waals surface area (Å²) in [5, 5.41) is 3.09. The van der Waals surface area contributed by atoms with Crippen LogP contribution in [0.1, 0.15) is 5.82 Å². The van der Waals surface area contributed by atoms with Crippen molar-refractivity contribution in [2.45, 2.75) is 6.54 Å². The fourth-order valence-corrected chi connectivity index (χ4v) is 1.51. The van der Waals surface area contributed by atoms with E-state index >= 15 is 0 Å². The summed E-state index contributed by atoms with van der Waals surface area (Å²) in [7, 11) is 0. The first kappa shape index (κ1) is 9.97. The highest BCUT2D eigenvalue weighted by molar-refractivity contribution is 9.10. The molecule has 2 rings (SSSR count). The number of halogens is 1. The van der Waals surface area contributed by atoms with Crippen LogP contribution in [0, 0.1) is 0 Å². The van der Waals surface area contributed by atoms with Gasteiger partial charge >= 0.3 is 0 Å². The minimum atomic E-state index is 0.575. The summed E-state index contributed by atoms with van der Waals surface area (Å²) in [6.45, 7) is 0.575. The minimum absolute atomic E-state index is 0.575. The van der Waals surface area contributed by atoms with Crippen molar-refractivity contribution in [3.05, 3.63) is 35.0 Å². The number of rotatable bonds is 3. The van der Waals surface area contributed by atoms with E-state index in [4.69, 9.17) is 5.73 Å². The molecule has 15 heavy (non-hydrogen) atoms. The molecule has 0 saturated carbocycles. The maximum absolute atomic E-state index is 5.78. The molecule has 2 aromatic heterocycles. The smallest absolute Gasteiger partial charge is 0.149 e. The van der Waals surface area contributed by atoms with Gasteiger partial charge in [-0.25, -0.2) is 9.97 Å². The van der Waals surface area contributed by atoms with Crippen molar-refractivity contribution < 1.29 is 0 Å². The van der Waals surface area contributed by atoms with Crippen molar-refractivity contribution >= 4 is 27.4 Å². The van der Waals surface area contributed by atoms with Crippen molar-refractivity contribution in [2.24, 2.45) is 0 Å². The first-order valence-electron chi connectivity index (χ1n) is 4.39. The third-order valence-corrected chi connectivity index (χ3v) is 2.30. The van der Waals surface area contributed by atoms with Gasteiger partial charge < -0.3 is 16.0 Å². The first-order valence-corrected chi connectivity index (χ1v) is 5.18. The molecule has 6 heteroatoms. The second kappa shape index (κ2) is 4.31. The van der Waals surface area contributed by atoms with Gasteiger partial charge in [-0.05, 0) is 22.0 Å². The number of aromatic amines is 1. The fraction of sp³-hybridized carbons (Fsp3) is 0.111. The van der Waals surface area contributed by atoms with E-state index in [1.807, 2.05) is 0 Å². The summed E-state index contributed by atoms with van der Waals surface area (Å²) in [4.78, 5) is 11.2. The van der Waals surface area contributed by atoms with Gasteiger partial charge in [-0.2, -0.15) is 0 Å². The summed E-state index contributed by atoms with van der Waals surface area (Å²) in [6.07, 6.45) is 5.17. The molecule has 5 nitrogen and oxygen atoms in total. The quantitative estimate of drug-likeness (QED) is 0.792. The highest BCUT2D eigenvalue weighted by Crippen LogP contribution is 2.19. The molecule has 78 valence electrons. The molecule has 0 saturated heterocycles. The number of hydrogen-bond donors (Lipinski definition) is 3. The number of nitrogens with zero attached hydrogens (tertiary/aromatic N) is 2. The molecule has 2 aromatic rings. The summed E-state index contributed by atoms with van der Waals surface area (Å²) >= 11 is 3.30. The molecule has 0 radical (unpaired) electrons. The van der Waals surface area contributed by atoms with Crippen molar-refractivity contribution in [3.8, 4) is 0 Å². The topological polar surface area (TPSA) is 79.6 Å². The molecule has 0 aliphatic carbocycles. The van der Waals surface area contributed by atoms with Gasteiger partial charge in [-0.3, -0.25) is 0 Å². The summed E-state index contributed by atoms with van der Waals surface area (Å²) in [5.74, 6) is 1.51. The van der Waals surface area contributed by atoms with Crippen molar-refractivity contribution in [1.82, 2.24) is 15.0 Å². The zero-order chi connectivity index (χ0) is 10.7. The summed E-state index contributed by atoms with van der Waals surface area (Å²) < 4.78 is 0.864. The largest absolute Gasteiger partial charge is 0.396 e. The Kier molecular flexibility index (Phi) is 2.86. The molecule has 0 amide bonds. The Morgan fingerprint density at radius 1 is 1.47 bits per heavy atom. The number of nitrogens with two attached hydrogens (primary N) is 1. The van der Waals surface area contributed by atoms with Gasteiger partial charge in [0.05, 0.1) is 12.2 Å². The van der Waals surface area contributed by atoms with Crippen LogP contribution in [0.5, 0.6) is 0 Å². The molecule has 0 fully saturated rings. The van der Waals surface area contributed by atoms with Crippen LogP contribution in [0.3, 0.4) is 0 Å². The van der Waals surface area contributed by atoms with Crippen LogP contribution < -0.4 is 11.1 Å². The number of aromatic nitrogens is 3. The van der Waals surface area contributed by atoms with Crippen molar-refractivity contribution in [2.75, 3.05) is 11.1 Å². The van der Waals surface area contributed by atoms with Crippen molar-refractivity contribution in [1.29, 1.82) is 0 Å². The van der Waals surface area contributed by atoms with Gasteiger partial charge in [0.1, 0.15) is 11.6 Å². The lowest BCUT2D eigenvalue weighted by Gasteiger charge is -2.06. The lowest BCUT2D eigenvalue weighted by atomic mass is 10.4. The predicted molar refractivity (Wildman–Crippen MR) is 62.3 cm³/mol. The second-order valence-electron chi connectivity index (χ2n) is 2.98. The van der Waals surface area contributed by atoms with Crippen LogP contribution in [-0.4, -0.2) is 15.0 Å². The van der Waals surface area contributed by atoms with Crippen LogP contribution >= 0.6 is 15.9 Å². The van der Waals surface area contributed by atoms with Crippen LogP contribution in [0.15, 0.2) is 29.1 Å². The number of pyridine rings is 1. The second-order valence-corrected chi connectivity index (χ2v) is 3.90. The summed E-state index contributed by atoms with van der Waals surface area (Å²) in [6, 6.07) is 1.80. The molecule has 2 heterocycles. The molecular weight excluding hydrogens is 258 g/mol. The van der Waals surface area contributed by atoms with E-state index in [0.717, 1.165) is 10.3 Å². The number of imidazole rings is 1. The molecule has 0 spiro atoms. The molecule has 4 N–H and O–H groups in total. The SMILES string of the molecule is Nc1cc(Br)cnc1NCc1ncc[nH]1. The molecular formula is C9H10BrN5. The Morgan fingerprint density at radius 2 is 2.33 bits per heavy atom. The highest BCUT2D eigenvalue weighted by atomic mass is 79.9. The van der Waals surface area contributed by atoms with Crippen LogP contribution in [0.4, 0.5) is 11.5 Å². The maximum Gasteiger partial charge on any atom is 0.149 e. The van der Waals surface area contributed by atoms with Gasteiger partial charge in [0.2, 0.25) is 0 Å². The Morgan fingerprint density at radius 3 is 3.00 bits per heavy atom. The molecule has 0 atom stereocenters. The van der Waals surface area contributed by atoms with E-state index in [1.165, 1.54) is 0 Å². The molecule has 0 aliphatic rings. The molecule has 0 aromatic carbocycles. The average Bonchev–Trinajstić information content (AvgIpc) is 2.69. The Hall–Kier alpha value is -1.56. The van der Waals surface area contributed by atoms with E-state index in [1.54, 1.807) is 24.7 Å². The number of H-pyrrole nitrogens is 1. The lowest BCUT2D eigenvalue weighted by molar-refractivity contribution is 0.989. The minimum Gasteiger partial charge on any atom is -0.396 e. The summed E-state index contributed by atoms with van der Waals surface area (Å²) in [5.41, 5.74) is 6.38. The lowest BCUT2D eigenvalue weighted by Crippen LogP contribution is -2.05. The third kappa shape index (κ3) is 2.47. The van der Waals surface area contributed by atoms with Crippen molar-refractivity contribution in [3.63, 3.8) is 0 Å². The van der Waals surface area contributed by atoms with E-state index in [2.05, 4.69) is 36.2 Å². The molecule has 0 bridgehead atoms. The highest BCUT2D eigenvalue weighted by Gasteiger charge is 2.01. The number of nitrogen functional groups attached to an aromatic ring is 1. The Labute approximate surface area is 95.3 Å². The van der Waals surface area contributed by atoms with Gasteiger partial charge in [0, 0.05) is 23.1 Å². The number of hydrogen-bond acceptors (Lipinski definition) is 4. The normalized spacial score (nSPS) is 10.2. The first-order chi connectivity index (χ1) is 7.25. The molecule has 0 aliphatic heterocycles. The van der Waals surface area contributed by atoms with E-state index < -0.39 is 0 Å². The zero-order valence-corrected chi connectivity index (χ0v) is 9.45. The van der Waals surface area contributed by atoms with E-state index in [9.17, 15) is 0 Å². The third-order valence-electron chi connectivity index (χ3n) is 1.86. The van der Waals surface area contributed by atoms with Gasteiger partial charge in [0.25, 0.3) is 0 Å².